The molecular weight excluding hydrogens is 426 g/mol. The number of ketones is 1. The fourth-order valence-corrected chi connectivity index (χ4v) is 3.68. The third-order valence-electron chi connectivity index (χ3n) is 5.77. The van der Waals surface area contributed by atoms with Crippen LogP contribution in [-0.2, 0) is 10.2 Å². The van der Waals surface area contributed by atoms with E-state index < -0.39 is 6.10 Å². The number of fused-ring (bicyclic) bond motifs is 1. The fraction of sp³-hybridized carbons (Fsp3) is 0.241. The van der Waals surface area contributed by atoms with Crippen molar-refractivity contribution >= 4 is 28.3 Å². The van der Waals surface area contributed by atoms with Crippen molar-refractivity contribution in [2.24, 2.45) is 0 Å². The number of furan rings is 1. The summed E-state index contributed by atoms with van der Waals surface area (Å²) in [7, 11) is 0. The number of carbonyl (C=O) groups is 2. The first-order valence-electron chi connectivity index (χ1n) is 11.3. The maximum atomic E-state index is 13.2. The smallest absolute Gasteiger partial charge is 0.265 e. The Morgan fingerprint density at radius 1 is 0.912 bits per heavy atom. The van der Waals surface area contributed by atoms with Crippen LogP contribution < -0.4 is 10.1 Å². The van der Waals surface area contributed by atoms with Crippen molar-refractivity contribution in [3.05, 3.63) is 95.2 Å². The van der Waals surface area contributed by atoms with Crippen LogP contribution in [0.3, 0.4) is 0 Å². The lowest BCUT2D eigenvalue weighted by Gasteiger charge is -2.20. The topological polar surface area (TPSA) is 68.5 Å². The van der Waals surface area contributed by atoms with Gasteiger partial charge in [0, 0.05) is 10.9 Å². The molecule has 0 radical (unpaired) electrons. The van der Waals surface area contributed by atoms with E-state index >= 15 is 0 Å². The van der Waals surface area contributed by atoms with Crippen LogP contribution in [0, 0.1) is 6.92 Å². The van der Waals surface area contributed by atoms with Gasteiger partial charge in [-0.15, -0.1) is 0 Å². The molecule has 1 N–H and O–H groups in total. The highest BCUT2D eigenvalue weighted by Gasteiger charge is 2.25. The maximum absolute atomic E-state index is 13.2. The minimum absolute atomic E-state index is 0.0320. The van der Waals surface area contributed by atoms with E-state index in [2.05, 4.69) is 26.1 Å². The largest absolute Gasteiger partial charge is 0.481 e. The summed E-state index contributed by atoms with van der Waals surface area (Å²) in [5.41, 5.74) is 3.63. The highest BCUT2D eigenvalue weighted by Crippen LogP contribution is 2.33. The van der Waals surface area contributed by atoms with Gasteiger partial charge in [0.2, 0.25) is 5.78 Å². The number of nitrogens with one attached hydrogen (secondary N) is 1. The van der Waals surface area contributed by atoms with Crippen molar-refractivity contribution in [3.8, 4) is 5.75 Å². The molecular formula is C29H29NO4. The molecule has 0 aliphatic carbocycles. The molecule has 4 rings (SSSR count). The second-order valence-electron chi connectivity index (χ2n) is 9.52. The summed E-state index contributed by atoms with van der Waals surface area (Å²) >= 11 is 0. The summed E-state index contributed by atoms with van der Waals surface area (Å²) in [5.74, 6) is 0.0334. The molecule has 0 aliphatic heterocycles. The molecule has 3 aromatic carbocycles. The van der Waals surface area contributed by atoms with Gasteiger partial charge in [0.15, 0.2) is 11.9 Å². The first kappa shape index (κ1) is 23.3. The molecule has 0 saturated heterocycles. The average molecular weight is 456 g/mol. The van der Waals surface area contributed by atoms with Gasteiger partial charge < -0.3 is 14.5 Å². The third-order valence-corrected chi connectivity index (χ3v) is 5.77. The highest BCUT2D eigenvalue weighted by atomic mass is 16.5. The third kappa shape index (κ3) is 4.88. The quantitative estimate of drug-likeness (QED) is 0.330. The number of carbonyl (C=O) groups excluding carboxylic acids is 2. The normalized spacial score (nSPS) is 12.4. The molecule has 34 heavy (non-hydrogen) atoms. The van der Waals surface area contributed by atoms with Crippen LogP contribution in [-0.4, -0.2) is 17.8 Å². The molecule has 5 heteroatoms. The minimum Gasteiger partial charge on any atom is -0.481 e. The van der Waals surface area contributed by atoms with Gasteiger partial charge in [-0.3, -0.25) is 9.59 Å². The van der Waals surface area contributed by atoms with Gasteiger partial charge in [-0.05, 0) is 49.1 Å². The lowest BCUT2D eigenvalue weighted by molar-refractivity contribution is -0.122. The van der Waals surface area contributed by atoms with E-state index in [9.17, 15) is 9.59 Å². The molecule has 1 heterocycles. The zero-order chi connectivity index (χ0) is 24.5. The Morgan fingerprint density at radius 3 is 2.21 bits per heavy atom. The SMILES string of the molecule is Cc1ccc(C(=O)c2oc3ccccc3c2NC(=O)C(C)Oc2ccc(C(C)(C)C)cc2)cc1. The number of para-hydroxylation sites is 1. The predicted molar refractivity (Wildman–Crippen MR) is 135 cm³/mol. The van der Waals surface area contributed by atoms with Crippen molar-refractivity contribution in [1.82, 2.24) is 0 Å². The second kappa shape index (κ2) is 9.18. The van der Waals surface area contributed by atoms with E-state index in [0.29, 0.717) is 28.0 Å². The Morgan fingerprint density at radius 2 is 1.56 bits per heavy atom. The number of hydrogen-bond donors (Lipinski definition) is 1. The Hall–Kier alpha value is -3.86. The van der Waals surface area contributed by atoms with Crippen molar-refractivity contribution < 1.29 is 18.7 Å². The van der Waals surface area contributed by atoms with Crippen LogP contribution in [0.1, 0.15) is 54.9 Å². The number of rotatable bonds is 6. The first-order chi connectivity index (χ1) is 16.1. The van der Waals surface area contributed by atoms with Crippen LogP contribution in [0.15, 0.2) is 77.2 Å². The summed E-state index contributed by atoms with van der Waals surface area (Å²) in [6, 6.07) is 22.2. The van der Waals surface area contributed by atoms with Gasteiger partial charge in [0.1, 0.15) is 11.3 Å². The molecule has 1 aromatic heterocycles. The number of hydrogen-bond acceptors (Lipinski definition) is 4. The molecule has 0 saturated carbocycles. The summed E-state index contributed by atoms with van der Waals surface area (Å²) in [6.07, 6.45) is -0.781. The van der Waals surface area contributed by atoms with Crippen LogP contribution in [0.5, 0.6) is 5.75 Å². The van der Waals surface area contributed by atoms with Crippen molar-refractivity contribution in [2.75, 3.05) is 5.32 Å². The highest BCUT2D eigenvalue weighted by molar-refractivity contribution is 6.17. The molecule has 0 bridgehead atoms. The number of amides is 1. The Balaban J connectivity index is 1.58. The van der Waals surface area contributed by atoms with Crippen molar-refractivity contribution in [2.45, 2.75) is 46.1 Å². The summed E-state index contributed by atoms with van der Waals surface area (Å²) in [5, 5.41) is 3.53. The number of anilines is 1. The predicted octanol–water partition coefficient (Wildman–Crippen LogP) is 6.68. The van der Waals surface area contributed by atoms with Gasteiger partial charge >= 0.3 is 0 Å². The maximum Gasteiger partial charge on any atom is 0.265 e. The molecule has 0 spiro atoms. The minimum atomic E-state index is -0.781. The van der Waals surface area contributed by atoms with Crippen LogP contribution >= 0.6 is 0 Å². The standard InChI is InChI=1S/C29H29NO4/c1-18-10-12-20(13-11-18)26(31)27-25(23-8-6-7-9-24(23)34-27)30-28(32)19(2)33-22-16-14-21(15-17-22)29(3,4)5/h6-17,19H,1-5H3,(H,30,32). The van der Waals surface area contributed by atoms with Gasteiger partial charge in [-0.2, -0.15) is 0 Å². The molecule has 5 nitrogen and oxygen atoms in total. The molecule has 174 valence electrons. The Kier molecular flexibility index (Phi) is 6.29. The molecule has 1 atom stereocenters. The van der Waals surface area contributed by atoms with E-state index in [0.717, 1.165) is 5.56 Å². The van der Waals surface area contributed by atoms with E-state index in [-0.39, 0.29) is 22.9 Å². The molecule has 0 fully saturated rings. The molecule has 1 amide bonds. The molecule has 1 unspecified atom stereocenters. The lowest BCUT2D eigenvalue weighted by Crippen LogP contribution is -2.30. The number of benzene rings is 3. The Labute approximate surface area is 199 Å². The van der Waals surface area contributed by atoms with E-state index in [1.165, 1.54) is 5.56 Å². The van der Waals surface area contributed by atoms with E-state index in [1.54, 1.807) is 25.1 Å². The summed E-state index contributed by atoms with van der Waals surface area (Å²) in [4.78, 5) is 26.3. The zero-order valence-corrected chi connectivity index (χ0v) is 20.1. The summed E-state index contributed by atoms with van der Waals surface area (Å²) < 4.78 is 11.8. The van der Waals surface area contributed by atoms with Crippen LogP contribution in [0.2, 0.25) is 0 Å². The van der Waals surface area contributed by atoms with Gasteiger partial charge in [0.05, 0.1) is 5.69 Å². The molecule has 4 aromatic rings. The number of ether oxygens (including phenoxy) is 1. The fourth-order valence-electron chi connectivity index (χ4n) is 3.68. The first-order valence-corrected chi connectivity index (χ1v) is 11.3. The van der Waals surface area contributed by atoms with Gasteiger partial charge in [-0.1, -0.05) is 74.9 Å². The van der Waals surface area contributed by atoms with E-state index in [1.807, 2.05) is 61.5 Å². The Bertz CT molecular complexity index is 1330. The molecule has 0 aliphatic rings. The van der Waals surface area contributed by atoms with Gasteiger partial charge in [0.25, 0.3) is 5.91 Å². The van der Waals surface area contributed by atoms with Crippen LogP contribution in [0.25, 0.3) is 11.0 Å². The lowest BCUT2D eigenvalue weighted by atomic mass is 9.87. The zero-order valence-electron chi connectivity index (χ0n) is 20.1. The second-order valence-corrected chi connectivity index (χ2v) is 9.52. The van der Waals surface area contributed by atoms with Crippen molar-refractivity contribution in [3.63, 3.8) is 0 Å². The monoisotopic (exact) mass is 455 g/mol. The number of aryl methyl sites for hydroxylation is 1. The van der Waals surface area contributed by atoms with Crippen LogP contribution in [0.4, 0.5) is 5.69 Å². The van der Waals surface area contributed by atoms with Gasteiger partial charge in [-0.25, -0.2) is 0 Å². The van der Waals surface area contributed by atoms with E-state index in [4.69, 9.17) is 9.15 Å². The summed E-state index contributed by atoms with van der Waals surface area (Å²) in [6.45, 7) is 10.1. The van der Waals surface area contributed by atoms with Crippen molar-refractivity contribution in [1.29, 1.82) is 0 Å². The average Bonchev–Trinajstić information content (AvgIpc) is 3.17.